The van der Waals surface area contributed by atoms with E-state index in [2.05, 4.69) is 4.98 Å². The predicted molar refractivity (Wildman–Crippen MR) is 53.2 cm³/mol. The van der Waals surface area contributed by atoms with Crippen LogP contribution >= 0.6 is 34.5 Å². The van der Waals surface area contributed by atoms with Crippen LogP contribution in [0.1, 0.15) is 10.5 Å². The van der Waals surface area contributed by atoms with Crippen LogP contribution in [0.15, 0.2) is 6.07 Å². The van der Waals surface area contributed by atoms with E-state index < -0.39 is 5.97 Å². The van der Waals surface area contributed by atoms with Gasteiger partial charge in [-0.1, -0.05) is 23.2 Å². The number of nitrogens with one attached hydrogen (secondary N) is 1. The van der Waals surface area contributed by atoms with Gasteiger partial charge in [-0.05, 0) is 6.07 Å². The molecule has 0 aliphatic heterocycles. The van der Waals surface area contributed by atoms with Crippen LogP contribution in [0.5, 0.6) is 0 Å². The van der Waals surface area contributed by atoms with Gasteiger partial charge in [0.15, 0.2) is 0 Å². The van der Waals surface area contributed by atoms with E-state index >= 15 is 0 Å². The van der Waals surface area contributed by atoms with E-state index in [1.54, 1.807) is 0 Å². The maximum Gasteiger partial charge on any atom is 0.352 e. The Bertz CT molecular complexity index is 488. The van der Waals surface area contributed by atoms with E-state index in [-0.39, 0.29) is 5.69 Å². The summed E-state index contributed by atoms with van der Waals surface area (Å²) in [4.78, 5) is 14.0. The second-order valence-electron chi connectivity index (χ2n) is 2.42. The van der Waals surface area contributed by atoms with E-state index in [0.717, 1.165) is 0 Å². The Hall–Kier alpha value is -0.710. The molecule has 3 nitrogen and oxygen atoms in total. The highest BCUT2D eigenvalue weighted by molar-refractivity contribution is 7.23. The van der Waals surface area contributed by atoms with Crippen LogP contribution in [0.25, 0.3) is 10.2 Å². The molecule has 0 amide bonds. The number of fused-ring (bicyclic) bond motifs is 1. The molecule has 0 bridgehead atoms. The van der Waals surface area contributed by atoms with Gasteiger partial charge in [-0.15, -0.1) is 11.3 Å². The van der Waals surface area contributed by atoms with Crippen LogP contribution in [-0.2, 0) is 0 Å². The molecule has 2 N–H and O–H groups in total. The molecule has 0 aromatic carbocycles. The number of rotatable bonds is 1. The minimum Gasteiger partial charge on any atom is -0.477 e. The van der Waals surface area contributed by atoms with Gasteiger partial charge in [-0.2, -0.15) is 0 Å². The van der Waals surface area contributed by atoms with Gasteiger partial charge < -0.3 is 10.1 Å². The molecule has 13 heavy (non-hydrogen) atoms. The van der Waals surface area contributed by atoms with Gasteiger partial charge in [0, 0.05) is 5.39 Å². The Morgan fingerprint density at radius 2 is 2.23 bits per heavy atom. The molecule has 0 unspecified atom stereocenters. The number of carboxylic acid groups (broad SMARTS) is 1. The summed E-state index contributed by atoms with van der Waals surface area (Å²) in [5.41, 5.74) is 0.125. The molecule has 0 spiro atoms. The summed E-state index contributed by atoms with van der Waals surface area (Å²) >= 11 is 12.8. The zero-order chi connectivity index (χ0) is 9.59. The Morgan fingerprint density at radius 3 is 2.77 bits per heavy atom. The lowest BCUT2D eigenvalue weighted by Crippen LogP contribution is -1.94. The number of hydrogen-bond donors (Lipinski definition) is 2. The number of aromatic nitrogens is 1. The monoisotopic (exact) mass is 235 g/mol. The number of hydrogen-bond acceptors (Lipinski definition) is 2. The summed E-state index contributed by atoms with van der Waals surface area (Å²) in [5.74, 6) is -1.00. The number of halogens is 2. The second-order valence-corrected chi connectivity index (χ2v) is 4.42. The highest BCUT2D eigenvalue weighted by atomic mass is 35.5. The Labute approximate surface area is 86.9 Å². The Balaban J connectivity index is 2.72. The quantitative estimate of drug-likeness (QED) is 0.798. The summed E-state index contributed by atoms with van der Waals surface area (Å²) in [6, 6.07) is 1.47. The van der Waals surface area contributed by atoms with Crippen molar-refractivity contribution >= 4 is 50.7 Å². The van der Waals surface area contributed by atoms with Crippen molar-refractivity contribution in [2.45, 2.75) is 0 Å². The van der Waals surface area contributed by atoms with Gasteiger partial charge in [-0.3, -0.25) is 0 Å². The Kier molecular flexibility index (Phi) is 1.98. The van der Waals surface area contributed by atoms with Crippen LogP contribution in [0, 0.1) is 0 Å². The summed E-state index contributed by atoms with van der Waals surface area (Å²) in [6.45, 7) is 0. The normalized spacial score (nSPS) is 10.9. The topological polar surface area (TPSA) is 53.1 Å². The lowest BCUT2D eigenvalue weighted by Gasteiger charge is -1.84. The highest BCUT2D eigenvalue weighted by Crippen LogP contribution is 2.38. The van der Waals surface area contributed by atoms with E-state index in [1.165, 1.54) is 17.4 Å². The van der Waals surface area contributed by atoms with Crippen LogP contribution in [0.4, 0.5) is 0 Å². The molecule has 0 fully saturated rings. The molecule has 0 atom stereocenters. The molecule has 0 radical (unpaired) electrons. The van der Waals surface area contributed by atoms with Gasteiger partial charge in [0.25, 0.3) is 0 Å². The molecule has 0 aliphatic rings. The molecule has 2 aromatic heterocycles. The van der Waals surface area contributed by atoms with E-state index in [0.29, 0.717) is 19.6 Å². The number of carbonyl (C=O) groups is 1. The molecule has 6 heteroatoms. The van der Waals surface area contributed by atoms with Gasteiger partial charge >= 0.3 is 5.97 Å². The third-order valence-corrected chi connectivity index (χ3v) is 3.54. The summed E-state index contributed by atoms with van der Waals surface area (Å²) in [6.07, 6.45) is 0. The molecule has 68 valence electrons. The lowest BCUT2D eigenvalue weighted by molar-refractivity contribution is 0.0691. The molecule has 0 saturated heterocycles. The van der Waals surface area contributed by atoms with E-state index in [9.17, 15) is 4.79 Å². The average Bonchev–Trinajstić information content (AvgIpc) is 2.55. The van der Waals surface area contributed by atoms with Crippen molar-refractivity contribution in [1.82, 2.24) is 4.98 Å². The average molecular weight is 236 g/mol. The van der Waals surface area contributed by atoms with Crippen LogP contribution in [0.2, 0.25) is 9.36 Å². The number of aromatic amines is 1. The van der Waals surface area contributed by atoms with Crippen molar-refractivity contribution in [3.8, 4) is 0 Å². The van der Waals surface area contributed by atoms with Crippen molar-refractivity contribution < 1.29 is 9.90 Å². The smallest absolute Gasteiger partial charge is 0.352 e. The number of H-pyrrole nitrogens is 1. The van der Waals surface area contributed by atoms with Crippen LogP contribution < -0.4 is 0 Å². The first-order chi connectivity index (χ1) is 6.09. The minimum absolute atomic E-state index is 0.125. The molecular formula is C7H3Cl2NO2S. The summed E-state index contributed by atoms with van der Waals surface area (Å²) in [7, 11) is 0. The zero-order valence-electron chi connectivity index (χ0n) is 6.10. The van der Waals surface area contributed by atoms with Crippen LogP contribution in [-0.4, -0.2) is 16.1 Å². The van der Waals surface area contributed by atoms with Gasteiger partial charge in [0.2, 0.25) is 0 Å². The van der Waals surface area contributed by atoms with Crippen molar-refractivity contribution in [2.24, 2.45) is 0 Å². The largest absolute Gasteiger partial charge is 0.477 e. The number of aromatic carboxylic acids is 1. The maximum absolute atomic E-state index is 10.6. The third kappa shape index (κ3) is 1.31. The number of thiophene rings is 1. The lowest BCUT2D eigenvalue weighted by atomic mass is 10.3. The van der Waals surface area contributed by atoms with Crippen molar-refractivity contribution in [3.63, 3.8) is 0 Å². The zero-order valence-corrected chi connectivity index (χ0v) is 8.43. The van der Waals surface area contributed by atoms with Crippen LogP contribution in [0.3, 0.4) is 0 Å². The van der Waals surface area contributed by atoms with E-state index in [4.69, 9.17) is 28.3 Å². The van der Waals surface area contributed by atoms with E-state index in [1.807, 2.05) is 0 Å². The molecule has 0 saturated carbocycles. The van der Waals surface area contributed by atoms with Gasteiger partial charge in [0.05, 0.1) is 5.02 Å². The highest BCUT2D eigenvalue weighted by Gasteiger charge is 2.14. The third-order valence-electron chi connectivity index (χ3n) is 1.61. The summed E-state index contributed by atoms with van der Waals surface area (Å²) in [5, 5.41) is 9.73. The molecule has 2 aromatic rings. The first-order valence-corrected chi connectivity index (χ1v) is 4.86. The SMILES string of the molecule is O=C(O)c1cc2c(Cl)c(Cl)sc2[nH]1. The first kappa shape index (κ1) is 8.87. The fraction of sp³-hybridized carbons (Fsp3) is 0. The second kappa shape index (κ2) is 2.90. The first-order valence-electron chi connectivity index (χ1n) is 3.29. The molecule has 0 aliphatic carbocycles. The fourth-order valence-electron chi connectivity index (χ4n) is 1.03. The van der Waals surface area contributed by atoms with Crippen molar-refractivity contribution in [2.75, 3.05) is 0 Å². The van der Waals surface area contributed by atoms with Gasteiger partial charge in [0.1, 0.15) is 14.9 Å². The van der Waals surface area contributed by atoms with Gasteiger partial charge in [-0.25, -0.2) is 4.79 Å². The molecule has 2 rings (SSSR count). The van der Waals surface area contributed by atoms with Crippen molar-refractivity contribution in [1.29, 1.82) is 0 Å². The Morgan fingerprint density at radius 1 is 1.54 bits per heavy atom. The maximum atomic E-state index is 10.6. The fourth-order valence-corrected chi connectivity index (χ4v) is 2.50. The summed E-state index contributed by atoms with van der Waals surface area (Å²) < 4.78 is 0.472. The number of carboxylic acids is 1. The molecule has 2 heterocycles. The van der Waals surface area contributed by atoms with Crippen molar-refractivity contribution in [3.05, 3.63) is 21.1 Å². The predicted octanol–water partition coefficient (Wildman–Crippen LogP) is 3.23. The standard InChI is InChI=1S/C7H3Cl2NO2S/c8-4-2-1-3(7(11)12)10-6(2)13-5(4)9/h1,10H,(H,11,12). The molecular weight excluding hydrogens is 233 g/mol. The minimum atomic E-state index is -1.00.